The Morgan fingerprint density at radius 1 is 1.16 bits per heavy atom. The quantitative estimate of drug-likeness (QED) is 0.586. The van der Waals surface area contributed by atoms with E-state index in [0.717, 1.165) is 43.9 Å². The maximum Gasteiger partial charge on any atom is 0.289 e. The van der Waals surface area contributed by atoms with Crippen LogP contribution in [-0.4, -0.2) is 74.8 Å². The van der Waals surface area contributed by atoms with Gasteiger partial charge in [-0.05, 0) is 47.9 Å². The first-order valence-electron chi connectivity index (χ1n) is 11.2. The molecule has 2 aliphatic heterocycles. The van der Waals surface area contributed by atoms with E-state index in [4.69, 9.17) is 9.15 Å². The normalized spacial score (nSPS) is 20.5. The van der Waals surface area contributed by atoms with Crippen LogP contribution in [0.15, 0.2) is 47.1 Å². The number of benzene rings is 1. The molecule has 1 aromatic carbocycles. The summed E-state index contributed by atoms with van der Waals surface area (Å²) in [5.74, 6) is 1.13. The number of hydrogen-bond acceptors (Lipinski definition) is 7. The van der Waals surface area contributed by atoms with Crippen LogP contribution in [0.5, 0.6) is 0 Å². The minimum Gasteiger partial charge on any atom is -0.459 e. The van der Waals surface area contributed by atoms with E-state index in [-0.39, 0.29) is 18.1 Å². The Bertz CT molecular complexity index is 1020. The van der Waals surface area contributed by atoms with Gasteiger partial charge in [0.2, 0.25) is 0 Å². The van der Waals surface area contributed by atoms with Crippen LogP contribution < -0.4 is 0 Å². The zero-order valence-corrected chi connectivity index (χ0v) is 18.3. The van der Waals surface area contributed by atoms with Crippen molar-refractivity contribution in [3.8, 4) is 0 Å². The molecule has 0 bridgehead atoms. The van der Waals surface area contributed by atoms with E-state index in [1.54, 1.807) is 12.1 Å². The van der Waals surface area contributed by atoms with Gasteiger partial charge in [0.05, 0.1) is 25.0 Å². The fourth-order valence-corrected chi connectivity index (χ4v) is 4.53. The summed E-state index contributed by atoms with van der Waals surface area (Å²) in [7, 11) is 0. The second kappa shape index (κ2) is 9.22. The molecule has 0 radical (unpaired) electrons. The number of carbonyl (C=O) groups excluding carboxylic acids is 1. The van der Waals surface area contributed by atoms with Crippen molar-refractivity contribution >= 4 is 5.91 Å². The Labute approximate surface area is 186 Å². The molecule has 4 heterocycles. The lowest BCUT2D eigenvalue weighted by atomic mass is 10.0. The number of tetrazole rings is 1. The first-order chi connectivity index (χ1) is 15.7. The molecule has 168 valence electrons. The number of furan rings is 1. The van der Waals surface area contributed by atoms with E-state index in [9.17, 15) is 4.79 Å². The highest BCUT2D eigenvalue weighted by molar-refractivity contribution is 5.91. The van der Waals surface area contributed by atoms with E-state index < -0.39 is 0 Å². The van der Waals surface area contributed by atoms with Crippen molar-refractivity contribution in [1.29, 1.82) is 0 Å². The zero-order valence-electron chi connectivity index (χ0n) is 18.3. The van der Waals surface area contributed by atoms with Gasteiger partial charge >= 0.3 is 0 Å². The van der Waals surface area contributed by atoms with Crippen molar-refractivity contribution in [2.75, 3.05) is 32.8 Å². The number of piperazine rings is 1. The molecule has 2 fully saturated rings. The highest BCUT2D eigenvalue weighted by Gasteiger charge is 2.33. The van der Waals surface area contributed by atoms with E-state index in [1.807, 2.05) is 9.58 Å². The lowest BCUT2D eigenvalue weighted by Crippen LogP contribution is -2.50. The fraction of sp³-hybridized carbons (Fsp3) is 0.478. The number of nitrogens with zero attached hydrogens (tertiary/aromatic N) is 6. The summed E-state index contributed by atoms with van der Waals surface area (Å²) in [4.78, 5) is 16.9. The fourth-order valence-electron chi connectivity index (χ4n) is 4.53. The molecule has 0 spiro atoms. The van der Waals surface area contributed by atoms with E-state index >= 15 is 0 Å². The Hall–Kier alpha value is -3.04. The Balaban J connectivity index is 1.38. The number of carbonyl (C=O) groups is 1. The molecule has 0 saturated carbocycles. The molecule has 0 aliphatic carbocycles. The number of aromatic nitrogens is 4. The van der Waals surface area contributed by atoms with Crippen LogP contribution in [0.1, 0.15) is 46.4 Å². The molecular formula is C23H28N6O3. The highest BCUT2D eigenvalue weighted by atomic mass is 16.5. The van der Waals surface area contributed by atoms with Gasteiger partial charge in [-0.1, -0.05) is 29.8 Å². The van der Waals surface area contributed by atoms with Gasteiger partial charge in [0.15, 0.2) is 11.6 Å². The first-order valence-corrected chi connectivity index (χ1v) is 11.2. The van der Waals surface area contributed by atoms with Crippen LogP contribution in [0.2, 0.25) is 0 Å². The Morgan fingerprint density at radius 3 is 2.66 bits per heavy atom. The summed E-state index contributed by atoms with van der Waals surface area (Å²) in [6, 6.07) is 11.9. The van der Waals surface area contributed by atoms with Gasteiger partial charge in [0.25, 0.3) is 5.91 Å². The van der Waals surface area contributed by atoms with Gasteiger partial charge in [0, 0.05) is 32.8 Å². The van der Waals surface area contributed by atoms with Gasteiger partial charge in [-0.3, -0.25) is 9.69 Å². The number of aryl methyl sites for hydroxylation is 1. The van der Waals surface area contributed by atoms with Crippen LogP contribution >= 0.6 is 0 Å². The highest BCUT2D eigenvalue weighted by Crippen LogP contribution is 2.29. The Kier molecular flexibility index (Phi) is 6.00. The monoisotopic (exact) mass is 436 g/mol. The minimum absolute atomic E-state index is 0.0650. The molecule has 3 aromatic rings. The molecule has 32 heavy (non-hydrogen) atoms. The maximum absolute atomic E-state index is 12.7. The SMILES string of the molecule is Cc1ccc([C@H](c2nnnn2C[C@@H]2CCCO2)N2CCN(C(=O)c3ccco3)CC2)cc1. The van der Waals surface area contributed by atoms with Crippen molar-refractivity contribution in [2.24, 2.45) is 0 Å². The molecule has 2 saturated heterocycles. The summed E-state index contributed by atoms with van der Waals surface area (Å²) >= 11 is 0. The molecule has 0 N–H and O–H groups in total. The van der Waals surface area contributed by atoms with E-state index in [1.165, 1.54) is 11.8 Å². The van der Waals surface area contributed by atoms with Crippen LogP contribution in [0.3, 0.4) is 0 Å². The van der Waals surface area contributed by atoms with E-state index in [0.29, 0.717) is 25.4 Å². The molecule has 1 amide bonds. The zero-order chi connectivity index (χ0) is 21.9. The van der Waals surface area contributed by atoms with Gasteiger partial charge in [0.1, 0.15) is 0 Å². The molecule has 2 atom stereocenters. The molecule has 5 rings (SSSR count). The van der Waals surface area contributed by atoms with Crippen LogP contribution in [0.25, 0.3) is 0 Å². The third kappa shape index (κ3) is 4.31. The number of amides is 1. The third-order valence-corrected chi connectivity index (χ3v) is 6.30. The van der Waals surface area contributed by atoms with Gasteiger partial charge in [-0.2, -0.15) is 0 Å². The van der Waals surface area contributed by atoms with Crippen molar-refractivity contribution in [1.82, 2.24) is 30.0 Å². The summed E-state index contributed by atoms with van der Waals surface area (Å²) < 4.78 is 13.0. The predicted molar refractivity (Wildman–Crippen MR) is 116 cm³/mol. The summed E-state index contributed by atoms with van der Waals surface area (Å²) in [5.41, 5.74) is 2.35. The Morgan fingerprint density at radius 2 is 1.97 bits per heavy atom. The molecular weight excluding hydrogens is 408 g/mol. The molecule has 9 nitrogen and oxygen atoms in total. The number of ether oxygens (including phenoxy) is 1. The van der Waals surface area contributed by atoms with Gasteiger partial charge in [-0.15, -0.1) is 5.10 Å². The third-order valence-electron chi connectivity index (χ3n) is 6.30. The van der Waals surface area contributed by atoms with Crippen LogP contribution in [-0.2, 0) is 11.3 Å². The lowest BCUT2D eigenvalue weighted by Gasteiger charge is -2.38. The molecule has 9 heteroatoms. The number of rotatable bonds is 6. The topological polar surface area (TPSA) is 89.5 Å². The van der Waals surface area contributed by atoms with Crippen molar-refractivity contribution < 1.29 is 13.9 Å². The maximum atomic E-state index is 12.7. The van der Waals surface area contributed by atoms with Crippen LogP contribution in [0.4, 0.5) is 0 Å². The minimum atomic E-state index is -0.0899. The van der Waals surface area contributed by atoms with E-state index in [2.05, 4.69) is 51.6 Å². The van der Waals surface area contributed by atoms with Gasteiger partial charge in [-0.25, -0.2) is 4.68 Å². The first kappa shape index (κ1) is 20.8. The summed E-state index contributed by atoms with van der Waals surface area (Å²) in [5, 5.41) is 12.7. The smallest absolute Gasteiger partial charge is 0.289 e. The van der Waals surface area contributed by atoms with Crippen molar-refractivity contribution in [3.05, 3.63) is 65.4 Å². The average molecular weight is 437 g/mol. The number of hydrogen-bond donors (Lipinski definition) is 0. The average Bonchev–Trinajstić information content (AvgIpc) is 3.60. The molecule has 2 aromatic heterocycles. The predicted octanol–water partition coefficient (Wildman–Crippen LogP) is 2.30. The standard InChI is InChI=1S/C23H28N6O3/c1-17-6-8-18(9-7-17)21(22-24-25-26-29(22)16-19-4-2-14-31-19)27-10-12-28(13-11-27)23(30)20-5-3-15-32-20/h3,5-9,15,19,21H,2,4,10-14,16H2,1H3/t19-,21+/m0/s1. The largest absolute Gasteiger partial charge is 0.459 e. The second-order valence-corrected chi connectivity index (χ2v) is 8.47. The molecule has 2 aliphatic rings. The van der Waals surface area contributed by atoms with Crippen LogP contribution in [0, 0.1) is 6.92 Å². The van der Waals surface area contributed by atoms with Crippen molar-refractivity contribution in [2.45, 2.75) is 38.5 Å². The second-order valence-electron chi connectivity index (χ2n) is 8.47. The summed E-state index contributed by atoms with van der Waals surface area (Å²) in [6.07, 6.45) is 3.79. The molecule has 0 unspecified atom stereocenters. The van der Waals surface area contributed by atoms with Gasteiger partial charge < -0.3 is 14.1 Å². The summed E-state index contributed by atoms with van der Waals surface area (Å²) in [6.45, 7) is 6.22. The van der Waals surface area contributed by atoms with Crippen molar-refractivity contribution in [3.63, 3.8) is 0 Å². The lowest BCUT2D eigenvalue weighted by molar-refractivity contribution is 0.0551.